The van der Waals surface area contributed by atoms with Crippen molar-refractivity contribution in [2.75, 3.05) is 24.6 Å². The summed E-state index contributed by atoms with van der Waals surface area (Å²) < 4.78 is 10.7. The Labute approximate surface area is 146 Å². The molecule has 0 radical (unpaired) electrons. The predicted octanol–water partition coefficient (Wildman–Crippen LogP) is 2.45. The standard InChI is InChI=1S/C18H22N4O3/c23-17(13-5-7-14(8-6-13)22-9-1-2-10-22)19-12-16-20-18(25-21-16)15-4-3-11-24-15/h5-8,15H,1-4,9-12H2,(H,19,23)/t15-/m1/s1. The lowest BCUT2D eigenvalue weighted by Crippen LogP contribution is -2.23. The summed E-state index contributed by atoms with van der Waals surface area (Å²) in [5, 5.41) is 6.74. The van der Waals surface area contributed by atoms with Gasteiger partial charge in [-0.25, -0.2) is 0 Å². The molecule has 0 unspecified atom stereocenters. The van der Waals surface area contributed by atoms with Crippen molar-refractivity contribution < 1.29 is 14.1 Å². The number of rotatable bonds is 5. The van der Waals surface area contributed by atoms with Crippen molar-refractivity contribution in [1.29, 1.82) is 0 Å². The van der Waals surface area contributed by atoms with E-state index in [-0.39, 0.29) is 18.6 Å². The first-order valence-corrected chi connectivity index (χ1v) is 8.87. The van der Waals surface area contributed by atoms with Gasteiger partial charge in [0.1, 0.15) is 6.10 Å². The number of nitrogens with one attached hydrogen (secondary N) is 1. The summed E-state index contributed by atoms with van der Waals surface area (Å²) >= 11 is 0. The van der Waals surface area contributed by atoms with E-state index < -0.39 is 0 Å². The number of ether oxygens (including phenoxy) is 1. The Morgan fingerprint density at radius 3 is 2.72 bits per heavy atom. The highest BCUT2D eigenvalue weighted by Gasteiger charge is 2.24. The molecule has 2 aliphatic heterocycles. The van der Waals surface area contributed by atoms with Crippen LogP contribution in [0.5, 0.6) is 0 Å². The van der Waals surface area contributed by atoms with Gasteiger partial charge in [0.15, 0.2) is 5.82 Å². The molecule has 1 N–H and O–H groups in total. The number of amides is 1. The van der Waals surface area contributed by atoms with Gasteiger partial charge in [-0.2, -0.15) is 4.98 Å². The Morgan fingerprint density at radius 2 is 2.00 bits per heavy atom. The van der Waals surface area contributed by atoms with E-state index in [2.05, 4.69) is 20.4 Å². The summed E-state index contributed by atoms with van der Waals surface area (Å²) in [5.41, 5.74) is 1.80. The van der Waals surface area contributed by atoms with Crippen LogP contribution in [0.1, 0.15) is 53.9 Å². The van der Waals surface area contributed by atoms with Crippen LogP contribution in [-0.4, -0.2) is 35.7 Å². The average molecular weight is 342 g/mol. The molecule has 7 nitrogen and oxygen atoms in total. The highest BCUT2D eigenvalue weighted by molar-refractivity contribution is 5.94. The zero-order chi connectivity index (χ0) is 17.1. The van der Waals surface area contributed by atoms with E-state index in [1.165, 1.54) is 18.5 Å². The largest absolute Gasteiger partial charge is 0.372 e. The van der Waals surface area contributed by atoms with E-state index >= 15 is 0 Å². The van der Waals surface area contributed by atoms with Crippen LogP contribution in [0.2, 0.25) is 0 Å². The quantitative estimate of drug-likeness (QED) is 0.899. The highest BCUT2D eigenvalue weighted by Crippen LogP contribution is 2.26. The molecule has 2 saturated heterocycles. The van der Waals surface area contributed by atoms with Crippen molar-refractivity contribution in [1.82, 2.24) is 15.5 Å². The van der Waals surface area contributed by atoms with Crippen molar-refractivity contribution in [3.8, 4) is 0 Å². The van der Waals surface area contributed by atoms with Gasteiger partial charge >= 0.3 is 0 Å². The first-order chi connectivity index (χ1) is 12.3. The molecule has 2 aromatic rings. The van der Waals surface area contributed by atoms with Crippen LogP contribution in [0.15, 0.2) is 28.8 Å². The third-order valence-corrected chi connectivity index (χ3v) is 4.70. The number of nitrogens with zero attached hydrogens (tertiary/aromatic N) is 3. The Balaban J connectivity index is 1.32. The predicted molar refractivity (Wildman–Crippen MR) is 91.3 cm³/mol. The minimum atomic E-state index is -0.142. The lowest BCUT2D eigenvalue weighted by Gasteiger charge is -2.17. The lowest BCUT2D eigenvalue weighted by atomic mass is 10.2. The minimum absolute atomic E-state index is 0.102. The smallest absolute Gasteiger partial charge is 0.255 e. The third-order valence-electron chi connectivity index (χ3n) is 4.70. The number of hydrogen-bond donors (Lipinski definition) is 1. The lowest BCUT2D eigenvalue weighted by molar-refractivity contribution is 0.0835. The topological polar surface area (TPSA) is 80.5 Å². The Kier molecular flexibility index (Phi) is 4.65. The van der Waals surface area contributed by atoms with Crippen LogP contribution in [0.3, 0.4) is 0 Å². The number of benzene rings is 1. The van der Waals surface area contributed by atoms with Crippen LogP contribution < -0.4 is 10.2 Å². The zero-order valence-corrected chi connectivity index (χ0v) is 14.1. The molecule has 1 aromatic carbocycles. The van der Waals surface area contributed by atoms with Crippen molar-refractivity contribution in [2.45, 2.75) is 38.3 Å². The first kappa shape index (κ1) is 16.1. The maximum Gasteiger partial charge on any atom is 0.255 e. The number of carbonyl (C=O) groups is 1. The van der Waals surface area contributed by atoms with Gasteiger partial charge in [-0.15, -0.1) is 0 Å². The van der Waals surface area contributed by atoms with Gasteiger partial charge in [0.05, 0.1) is 6.54 Å². The van der Waals surface area contributed by atoms with Gasteiger partial charge in [-0.3, -0.25) is 4.79 Å². The monoisotopic (exact) mass is 342 g/mol. The Hall–Kier alpha value is -2.41. The number of aromatic nitrogens is 2. The van der Waals surface area contributed by atoms with E-state index in [0.717, 1.165) is 32.5 Å². The van der Waals surface area contributed by atoms with E-state index in [1.807, 2.05) is 24.3 Å². The molecule has 25 heavy (non-hydrogen) atoms. The molecule has 2 aliphatic rings. The Morgan fingerprint density at radius 1 is 1.20 bits per heavy atom. The third kappa shape index (κ3) is 3.66. The van der Waals surface area contributed by atoms with E-state index in [4.69, 9.17) is 9.26 Å². The summed E-state index contributed by atoms with van der Waals surface area (Å²) in [6.07, 6.45) is 4.28. The summed E-state index contributed by atoms with van der Waals surface area (Å²) in [7, 11) is 0. The molecule has 3 heterocycles. The van der Waals surface area contributed by atoms with Gasteiger partial charge in [0.2, 0.25) is 0 Å². The zero-order valence-electron chi connectivity index (χ0n) is 14.1. The van der Waals surface area contributed by atoms with Gasteiger partial charge in [0, 0.05) is 30.9 Å². The van der Waals surface area contributed by atoms with Crippen molar-refractivity contribution in [2.24, 2.45) is 0 Å². The summed E-state index contributed by atoms with van der Waals surface area (Å²) in [5.74, 6) is 0.820. The second-order valence-corrected chi connectivity index (χ2v) is 6.47. The maximum absolute atomic E-state index is 12.3. The first-order valence-electron chi connectivity index (χ1n) is 8.87. The fraction of sp³-hybridized carbons (Fsp3) is 0.500. The molecule has 0 spiro atoms. The molecule has 7 heteroatoms. The molecular weight excluding hydrogens is 320 g/mol. The molecule has 2 fully saturated rings. The van der Waals surface area contributed by atoms with E-state index in [1.54, 1.807) is 0 Å². The summed E-state index contributed by atoms with van der Waals surface area (Å²) in [6, 6.07) is 7.72. The molecule has 0 bridgehead atoms. The molecule has 132 valence electrons. The molecule has 0 aliphatic carbocycles. The van der Waals surface area contributed by atoms with Crippen LogP contribution in [0.25, 0.3) is 0 Å². The van der Waals surface area contributed by atoms with Gasteiger partial charge < -0.3 is 19.5 Å². The average Bonchev–Trinajstić information content (AvgIpc) is 3.42. The van der Waals surface area contributed by atoms with E-state index in [0.29, 0.717) is 17.3 Å². The molecular formula is C18H22N4O3. The molecule has 1 amide bonds. The van der Waals surface area contributed by atoms with E-state index in [9.17, 15) is 4.79 Å². The van der Waals surface area contributed by atoms with Crippen LogP contribution in [-0.2, 0) is 11.3 Å². The normalized spacial score (nSPS) is 20.2. The fourth-order valence-electron chi connectivity index (χ4n) is 3.30. The van der Waals surface area contributed by atoms with Gasteiger partial charge in [-0.05, 0) is 49.9 Å². The second-order valence-electron chi connectivity index (χ2n) is 6.47. The van der Waals surface area contributed by atoms with Crippen molar-refractivity contribution >= 4 is 11.6 Å². The SMILES string of the molecule is O=C(NCc1noc([C@H]2CCCO2)n1)c1ccc(N2CCCC2)cc1. The van der Waals surface area contributed by atoms with Gasteiger partial charge in [-0.1, -0.05) is 5.16 Å². The highest BCUT2D eigenvalue weighted by atomic mass is 16.5. The molecule has 0 saturated carbocycles. The fourth-order valence-corrected chi connectivity index (χ4v) is 3.30. The van der Waals surface area contributed by atoms with Crippen LogP contribution in [0, 0.1) is 0 Å². The van der Waals surface area contributed by atoms with Crippen molar-refractivity contribution in [3.05, 3.63) is 41.5 Å². The number of anilines is 1. The molecule has 1 atom stereocenters. The molecule has 1 aromatic heterocycles. The second kappa shape index (κ2) is 7.23. The minimum Gasteiger partial charge on any atom is -0.372 e. The maximum atomic E-state index is 12.3. The van der Waals surface area contributed by atoms with Crippen molar-refractivity contribution in [3.63, 3.8) is 0 Å². The van der Waals surface area contributed by atoms with Crippen LogP contribution >= 0.6 is 0 Å². The van der Waals surface area contributed by atoms with Gasteiger partial charge in [0.25, 0.3) is 11.8 Å². The number of hydrogen-bond acceptors (Lipinski definition) is 6. The summed E-state index contributed by atoms with van der Waals surface area (Å²) in [4.78, 5) is 18.9. The Bertz CT molecular complexity index is 716. The molecule has 4 rings (SSSR count). The number of carbonyl (C=O) groups excluding carboxylic acids is 1. The van der Waals surface area contributed by atoms with Crippen LogP contribution in [0.4, 0.5) is 5.69 Å². The summed E-state index contributed by atoms with van der Waals surface area (Å²) in [6.45, 7) is 3.16.